The topological polar surface area (TPSA) is 96.5 Å². The van der Waals surface area contributed by atoms with Crippen LogP contribution >= 0.6 is 0 Å². The fraction of sp³-hybridized carbons (Fsp3) is 0.583. The van der Waals surface area contributed by atoms with Crippen molar-refractivity contribution in [1.82, 2.24) is 9.29 Å². The largest absolute Gasteiger partial charge is 0.395 e. The van der Waals surface area contributed by atoms with E-state index in [0.29, 0.717) is 0 Å². The van der Waals surface area contributed by atoms with E-state index in [1.165, 1.54) is 22.6 Å². The molecule has 7 heteroatoms. The highest BCUT2D eigenvalue weighted by molar-refractivity contribution is 7.89. The first-order valence-electron chi connectivity index (χ1n) is 6.40. The van der Waals surface area contributed by atoms with Crippen LogP contribution in [-0.4, -0.2) is 42.0 Å². The lowest BCUT2D eigenvalue weighted by Crippen LogP contribution is -2.40. The molecule has 19 heavy (non-hydrogen) atoms. The van der Waals surface area contributed by atoms with E-state index in [1.807, 2.05) is 0 Å². The molecule has 0 unspecified atom stereocenters. The zero-order chi connectivity index (χ0) is 13.9. The Balaban J connectivity index is 2.33. The minimum Gasteiger partial charge on any atom is -0.395 e. The molecule has 1 fully saturated rings. The van der Waals surface area contributed by atoms with Crippen molar-refractivity contribution in [3.63, 3.8) is 0 Å². The molecule has 0 amide bonds. The van der Waals surface area contributed by atoms with Crippen LogP contribution in [-0.2, 0) is 10.0 Å². The summed E-state index contributed by atoms with van der Waals surface area (Å²) in [4.78, 5) is 3.94. The SMILES string of the molecule is Nc1cc(S(=O)(=O)N(CCO)C2CCCC2)ccn1. The van der Waals surface area contributed by atoms with Gasteiger partial charge in [-0.05, 0) is 18.9 Å². The molecule has 1 aromatic rings. The Kier molecular flexibility index (Phi) is 4.38. The highest BCUT2D eigenvalue weighted by Crippen LogP contribution is 2.28. The first-order chi connectivity index (χ1) is 9.05. The fourth-order valence-corrected chi connectivity index (χ4v) is 4.21. The normalized spacial score (nSPS) is 17.2. The third-order valence-corrected chi connectivity index (χ3v) is 5.36. The molecule has 3 N–H and O–H groups in total. The maximum absolute atomic E-state index is 12.6. The van der Waals surface area contributed by atoms with Crippen LogP contribution in [0.1, 0.15) is 25.7 Å². The van der Waals surface area contributed by atoms with Crippen molar-refractivity contribution in [3.05, 3.63) is 18.3 Å². The summed E-state index contributed by atoms with van der Waals surface area (Å²) in [6.45, 7) is -0.0640. The highest BCUT2D eigenvalue weighted by Gasteiger charge is 2.32. The quantitative estimate of drug-likeness (QED) is 0.825. The van der Waals surface area contributed by atoms with E-state index < -0.39 is 10.0 Å². The van der Waals surface area contributed by atoms with Gasteiger partial charge in [0, 0.05) is 24.8 Å². The van der Waals surface area contributed by atoms with E-state index in [9.17, 15) is 8.42 Å². The van der Waals surface area contributed by atoms with Crippen molar-refractivity contribution in [2.24, 2.45) is 0 Å². The molecule has 0 saturated heterocycles. The number of hydrogen-bond acceptors (Lipinski definition) is 5. The van der Waals surface area contributed by atoms with Crippen LogP contribution in [0.4, 0.5) is 5.82 Å². The van der Waals surface area contributed by atoms with Gasteiger partial charge in [0.2, 0.25) is 10.0 Å². The Morgan fingerprint density at radius 1 is 1.42 bits per heavy atom. The number of aromatic nitrogens is 1. The Morgan fingerprint density at radius 3 is 2.68 bits per heavy atom. The molecule has 106 valence electrons. The van der Waals surface area contributed by atoms with Crippen LogP contribution < -0.4 is 5.73 Å². The lowest BCUT2D eigenvalue weighted by molar-refractivity contribution is 0.226. The van der Waals surface area contributed by atoms with E-state index in [1.54, 1.807) is 0 Å². The summed E-state index contributed by atoms with van der Waals surface area (Å²) in [6.07, 6.45) is 5.13. The molecule has 0 radical (unpaired) electrons. The van der Waals surface area contributed by atoms with Crippen molar-refractivity contribution in [1.29, 1.82) is 0 Å². The van der Waals surface area contributed by atoms with Gasteiger partial charge in [0.15, 0.2) is 0 Å². The third kappa shape index (κ3) is 3.05. The van der Waals surface area contributed by atoms with Crippen molar-refractivity contribution >= 4 is 15.8 Å². The monoisotopic (exact) mass is 285 g/mol. The molecule has 1 saturated carbocycles. The standard InChI is InChI=1S/C12H19N3O3S/c13-12-9-11(5-6-14-12)19(17,18)15(7-8-16)10-3-1-2-4-10/h5-6,9-10,16H,1-4,7-8H2,(H2,13,14). The van der Waals surface area contributed by atoms with Crippen LogP contribution in [0.2, 0.25) is 0 Å². The fourth-order valence-electron chi connectivity index (χ4n) is 2.51. The number of pyridine rings is 1. The number of anilines is 1. The first-order valence-corrected chi connectivity index (χ1v) is 7.84. The van der Waals surface area contributed by atoms with Gasteiger partial charge in [-0.2, -0.15) is 4.31 Å². The minimum absolute atomic E-state index is 0.0217. The van der Waals surface area contributed by atoms with Gasteiger partial charge in [0.1, 0.15) is 5.82 Å². The lowest BCUT2D eigenvalue weighted by atomic mass is 10.2. The molecule has 6 nitrogen and oxygen atoms in total. The number of nitrogens with zero attached hydrogens (tertiary/aromatic N) is 2. The van der Waals surface area contributed by atoms with Crippen LogP contribution in [0.5, 0.6) is 0 Å². The van der Waals surface area contributed by atoms with Crippen molar-refractivity contribution < 1.29 is 13.5 Å². The Bertz CT molecular complexity index is 527. The molecule has 0 atom stereocenters. The molecule has 0 bridgehead atoms. The first kappa shape index (κ1) is 14.2. The summed E-state index contributed by atoms with van der Waals surface area (Å²) in [5.74, 6) is 0.177. The number of hydrogen-bond donors (Lipinski definition) is 2. The summed E-state index contributed by atoms with van der Waals surface area (Å²) in [6, 6.07) is 2.77. The summed E-state index contributed by atoms with van der Waals surface area (Å²) < 4.78 is 26.6. The van der Waals surface area contributed by atoms with Gasteiger partial charge in [-0.3, -0.25) is 0 Å². The van der Waals surface area contributed by atoms with Crippen LogP contribution in [0.15, 0.2) is 23.2 Å². The molecule has 1 aliphatic rings. The second kappa shape index (κ2) is 5.85. The number of rotatable bonds is 5. The molecule has 1 aliphatic carbocycles. The van der Waals surface area contributed by atoms with E-state index in [4.69, 9.17) is 10.8 Å². The lowest BCUT2D eigenvalue weighted by Gasteiger charge is -2.27. The summed E-state index contributed by atoms with van der Waals surface area (Å²) >= 11 is 0. The van der Waals surface area contributed by atoms with E-state index >= 15 is 0 Å². The van der Waals surface area contributed by atoms with Crippen molar-refractivity contribution in [3.8, 4) is 0 Å². The van der Waals surface area contributed by atoms with E-state index in [2.05, 4.69) is 4.98 Å². The molecule has 0 aliphatic heterocycles. The maximum atomic E-state index is 12.6. The van der Waals surface area contributed by atoms with Gasteiger partial charge in [-0.15, -0.1) is 0 Å². The van der Waals surface area contributed by atoms with Crippen LogP contribution in [0.3, 0.4) is 0 Å². The molecule has 0 spiro atoms. The third-order valence-electron chi connectivity index (χ3n) is 3.41. The van der Waals surface area contributed by atoms with Gasteiger partial charge in [0.05, 0.1) is 11.5 Å². The van der Waals surface area contributed by atoms with Crippen LogP contribution in [0.25, 0.3) is 0 Å². The molecular weight excluding hydrogens is 266 g/mol. The number of sulfonamides is 1. The predicted octanol–water partition coefficient (Wildman–Crippen LogP) is 0.589. The Hall–Kier alpha value is -1.18. The van der Waals surface area contributed by atoms with Gasteiger partial charge in [-0.25, -0.2) is 13.4 Å². The van der Waals surface area contributed by atoms with Gasteiger partial charge in [-0.1, -0.05) is 12.8 Å². The average molecular weight is 285 g/mol. The molecular formula is C12H19N3O3S. The second-order valence-corrected chi connectivity index (χ2v) is 6.58. The molecule has 1 heterocycles. The Morgan fingerprint density at radius 2 is 2.11 bits per heavy atom. The maximum Gasteiger partial charge on any atom is 0.243 e. The average Bonchev–Trinajstić information content (AvgIpc) is 2.89. The number of aliphatic hydroxyl groups is 1. The van der Waals surface area contributed by atoms with E-state index in [-0.39, 0.29) is 29.9 Å². The molecule has 2 rings (SSSR count). The predicted molar refractivity (Wildman–Crippen MR) is 71.9 cm³/mol. The summed E-state index contributed by atoms with van der Waals surface area (Å²) in [5, 5.41) is 9.12. The van der Waals surface area contributed by atoms with Crippen molar-refractivity contribution in [2.45, 2.75) is 36.6 Å². The number of nitrogens with two attached hydrogens (primary N) is 1. The Labute approximate surface area is 113 Å². The van der Waals surface area contributed by atoms with E-state index in [0.717, 1.165) is 25.7 Å². The summed E-state index contributed by atoms with van der Waals surface area (Å²) in [5.41, 5.74) is 5.54. The van der Waals surface area contributed by atoms with Gasteiger partial charge >= 0.3 is 0 Å². The van der Waals surface area contributed by atoms with Gasteiger partial charge in [0.25, 0.3) is 0 Å². The highest BCUT2D eigenvalue weighted by atomic mass is 32.2. The number of aliphatic hydroxyl groups excluding tert-OH is 1. The zero-order valence-electron chi connectivity index (χ0n) is 10.7. The van der Waals surface area contributed by atoms with Crippen molar-refractivity contribution in [2.75, 3.05) is 18.9 Å². The second-order valence-electron chi connectivity index (χ2n) is 4.69. The zero-order valence-corrected chi connectivity index (χ0v) is 11.5. The smallest absolute Gasteiger partial charge is 0.243 e. The molecule has 0 aromatic carbocycles. The molecule has 1 aromatic heterocycles. The van der Waals surface area contributed by atoms with Crippen LogP contribution in [0, 0.1) is 0 Å². The van der Waals surface area contributed by atoms with Gasteiger partial charge < -0.3 is 10.8 Å². The minimum atomic E-state index is -3.62. The summed E-state index contributed by atoms with van der Waals surface area (Å²) in [7, 11) is -3.62. The number of nitrogen functional groups attached to an aromatic ring is 1.